The van der Waals surface area contributed by atoms with Crippen LogP contribution in [0.2, 0.25) is 0 Å². The molecule has 0 spiro atoms. The first kappa shape index (κ1) is 7.53. The van der Waals surface area contributed by atoms with Crippen LogP contribution in [0, 0.1) is 0 Å². The first-order chi connectivity index (χ1) is 4.50. The predicted molar refractivity (Wildman–Crippen MR) is 28.3 cm³/mol. The minimum absolute atomic E-state index is 0.372. The second-order valence-corrected chi connectivity index (χ2v) is 3.48. The summed E-state index contributed by atoms with van der Waals surface area (Å²) < 4.78 is 18.6. The Labute approximate surface area is 55.9 Å². The second-order valence-electron chi connectivity index (χ2n) is 1.72. The van der Waals surface area contributed by atoms with E-state index in [9.17, 15) is 9.36 Å². The van der Waals surface area contributed by atoms with E-state index in [4.69, 9.17) is 9.79 Å². The first-order valence-electron chi connectivity index (χ1n) is 2.39. The van der Waals surface area contributed by atoms with Crippen molar-refractivity contribution in [1.82, 2.24) is 0 Å². The summed E-state index contributed by atoms with van der Waals surface area (Å²) in [4.78, 5) is 26.9. The van der Waals surface area contributed by atoms with Crippen LogP contribution in [0.1, 0.15) is 0 Å². The van der Waals surface area contributed by atoms with E-state index in [0.717, 1.165) is 0 Å². The Morgan fingerprint density at radius 1 is 1.60 bits per heavy atom. The molecule has 7 heteroatoms. The molecule has 0 amide bonds. The lowest BCUT2D eigenvalue weighted by molar-refractivity contribution is 0.124. The van der Waals surface area contributed by atoms with Crippen LogP contribution in [-0.4, -0.2) is 28.4 Å². The Balaban J connectivity index is 2.62. The van der Waals surface area contributed by atoms with E-state index < -0.39 is 19.6 Å². The highest BCUT2D eigenvalue weighted by molar-refractivity contribution is 7.52. The Morgan fingerprint density at radius 3 is 2.40 bits per heavy atom. The molecule has 0 aliphatic carbocycles. The molecule has 6 nitrogen and oxygen atoms in total. The van der Waals surface area contributed by atoms with Gasteiger partial charge in [0.15, 0.2) is 0 Å². The van der Waals surface area contributed by atoms with Crippen molar-refractivity contribution in [3.63, 3.8) is 0 Å². The van der Waals surface area contributed by atoms with Crippen molar-refractivity contribution in [2.45, 2.75) is 5.85 Å². The molecule has 10 heavy (non-hydrogen) atoms. The van der Waals surface area contributed by atoms with Crippen molar-refractivity contribution in [2.75, 3.05) is 6.61 Å². The van der Waals surface area contributed by atoms with Crippen LogP contribution in [0.3, 0.4) is 0 Å². The molecule has 1 aliphatic rings. The van der Waals surface area contributed by atoms with Gasteiger partial charge in [0.2, 0.25) is 5.85 Å². The number of cyclic esters (lactones) is 2. The molecule has 0 bridgehead atoms. The SMILES string of the molecule is O=C1OCC(P(=O)(O)O)O1. The molecule has 0 aromatic carbocycles. The molecule has 0 saturated carbocycles. The number of rotatable bonds is 1. The number of ether oxygens (including phenoxy) is 2. The Morgan fingerprint density at radius 2 is 2.20 bits per heavy atom. The molecule has 0 radical (unpaired) electrons. The standard InChI is InChI=1S/C3H5O6P/c4-3-8-1-2(9-3)10(5,6)7/h2H,1H2,(H2,5,6,7). The van der Waals surface area contributed by atoms with Crippen molar-refractivity contribution in [3.05, 3.63) is 0 Å². The Bertz CT molecular complexity index is 193. The molecule has 1 fully saturated rings. The first-order valence-corrected chi connectivity index (χ1v) is 4.07. The van der Waals surface area contributed by atoms with Crippen molar-refractivity contribution >= 4 is 13.8 Å². The molecule has 1 rings (SSSR count). The summed E-state index contributed by atoms with van der Waals surface area (Å²) in [7, 11) is -4.32. The fourth-order valence-electron chi connectivity index (χ4n) is 0.484. The average Bonchev–Trinajstić information content (AvgIpc) is 2.11. The predicted octanol–water partition coefficient (Wildman–Crippen LogP) is -0.343. The third kappa shape index (κ3) is 1.47. The summed E-state index contributed by atoms with van der Waals surface area (Å²) in [6.07, 6.45) is -1.03. The molecule has 1 aliphatic heterocycles. The van der Waals surface area contributed by atoms with E-state index >= 15 is 0 Å². The maximum atomic E-state index is 10.3. The fraction of sp³-hybridized carbons (Fsp3) is 0.667. The largest absolute Gasteiger partial charge is 0.509 e. The van der Waals surface area contributed by atoms with Crippen molar-refractivity contribution in [1.29, 1.82) is 0 Å². The monoisotopic (exact) mass is 168 g/mol. The smallest absolute Gasteiger partial charge is 0.430 e. The fourth-order valence-corrected chi connectivity index (χ4v) is 0.976. The molecule has 1 heterocycles. The van der Waals surface area contributed by atoms with Crippen molar-refractivity contribution in [2.24, 2.45) is 0 Å². The van der Waals surface area contributed by atoms with Crippen LogP contribution in [-0.2, 0) is 14.0 Å². The lowest BCUT2D eigenvalue weighted by atomic mass is 10.8. The summed E-state index contributed by atoms with van der Waals surface area (Å²) in [5.41, 5.74) is 0. The van der Waals surface area contributed by atoms with Crippen molar-refractivity contribution < 1.29 is 28.6 Å². The van der Waals surface area contributed by atoms with E-state index in [-0.39, 0.29) is 6.61 Å². The van der Waals surface area contributed by atoms with E-state index in [1.54, 1.807) is 0 Å². The lowest BCUT2D eigenvalue weighted by Gasteiger charge is -2.06. The molecule has 58 valence electrons. The molecule has 1 unspecified atom stereocenters. The van der Waals surface area contributed by atoms with Gasteiger partial charge in [-0.1, -0.05) is 0 Å². The minimum atomic E-state index is -4.32. The van der Waals surface area contributed by atoms with Gasteiger partial charge in [0.05, 0.1) is 0 Å². The van der Waals surface area contributed by atoms with Crippen LogP contribution in [0.5, 0.6) is 0 Å². The number of carbonyl (C=O) groups is 1. The zero-order valence-electron chi connectivity index (χ0n) is 4.76. The van der Waals surface area contributed by atoms with Gasteiger partial charge in [-0.25, -0.2) is 4.79 Å². The zero-order valence-corrected chi connectivity index (χ0v) is 5.65. The zero-order chi connectivity index (χ0) is 7.78. The van der Waals surface area contributed by atoms with E-state index in [1.807, 2.05) is 0 Å². The summed E-state index contributed by atoms with van der Waals surface area (Å²) in [5.74, 6) is -1.42. The quantitative estimate of drug-likeness (QED) is 0.410. The number of hydrogen-bond acceptors (Lipinski definition) is 4. The number of carbonyl (C=O) groups excluding carboxylic acids is 1. The van der Waals surface area contributed by atoms with Gasteiger partial charge >= 0.3 is 13.8 Å². The summed E-state index contributed by atoms with van der Waals surface area (Å²) in [5, 5.41) is 0. The van der Waals surface area contributed by atoms with Gasteiger partial charge in [-0.3, -0.25) is 4.57 Å². The third-order valence-electron chi connectivity index (χ3n) is 0.951. The maximum Gasteiger partial charge on any atom is 0.509 e. The molecule has 0 aromatic heterocycles. The normalized spacial score (nSPS) is 25.8. The average molecular weight is 168 g/mol. The van der Waals surface area contributed by atoms with Gasteiger partial charge in [-0.05, 0) is 0 Å². The van der Waals surface area contributed by atoms with E-state index in [1.165, 1.54) is 0 Å². The molecule has 2 N–H and O–H groups in total. The van der Waals surface area contributed by atoms with Crippen LogP contribution in [0.25, 0.3) is 0 Å². The Kier molecular flexibility index (Phi) is 1.68. The molecule has 1 atom stereocenters. The van der Waals surface area contributed by atoms with Gasteiger partial charge in [-0.15, -0.1) is 0 Å². The van der Waals surface area contributed by atoms with Gasteiger partial charge in [0.1, 0.15) is 6.61 Å². The van der Waals surface area contributed by atoms with Gasteiger partial charge in [-0.2, -0.15) is 0 Å². The summed E-state index contributed by atoms with van der Waals surface area (Å²) in [6.45, 7) is -0.372. The minimum Gasteiger partial charge on any atom is -0.430 e. The van der Waals surface area contributed by atoms with Gasteiger partial charge in [0.25, 0.3) is 0 Å². The molecular weight excluding hydrogens is 163 g/mol. The van der Waals surface area contributed by atoms with E-state index in [0.29, 0.717) is 0 Å². The second kappa shape index (κ2) is 2.23. The van der Waals surface area contributed by atoms with Crippen molar-refractivity contribution in [3.8, 4) is 0 Å². The van der Waals surface area contributed by atoms with Crippen LogP contribution in [0.4, 0.5) is 4.79 Å². The third-order valence-corrected chi connectivity index (χ3v) is 1.96. The highest BCUT2D eigenvalue weighted by Gasteiger charge is 2.39. The molecule has 0 aromatic rings. The lowest BCUT2D eigenvalue weighted by Crippen LogP contribution is -2.09. The Hall–Kier alpha value is -0.580. The van der Waals surface area contributed by atoms with Gasteiger partial charge < -0.3 is 19.3 Å². The summed E-state index contributed by atoms with van der Waals surface area (Å²) >= 11 is 0. The van der Waals surface area contributed by atoms with Crippen LogP contribution in [0.15, 0.2) is 0 Å². The highest BCUT2D eigenvalue weighted by atomic mass is 31.2. The summed E-state index contributed by atoms with van der Waals surface area (Å²) in [6, 6.07) is 0. The topological polar surface area (TPSA) is 93.1 Å². The highest BCUT2D eigenvalue weighted by Crippen LogP contribution is 2.43. The molecule has 1 saturated heterocycles. The van der Waals surface area contributed by atoms with Crippen LogP contribution >= 0.6 is 7.60 Å². The maximum absolute atomic E-state index is 10.3. The number of hydrogen-bond donors (Lipinski definition) is 2. The van der Waals surface area contributed by atoms with Gasteiger partial charge in [0, 0.05) is 0 Å². The van der Waals surface area contributed by atoms with E-state index in [2.05, 4.69) is 9.47 Å². The molecular formula is C3H5O6P. The van der Waals surface area contributed by atoms with Crippen LogP contribution < -0.4 is 0 Å².